The van der Waals surface area contributed by atoms with Gasteiger partial charge in [-0.25, -0.2) is 8.42 Å². The summed E-state index contributed by atoms with van der Waals surface area (Å²) in [4.78, 5) is 15.8. The number of carbonyl (C=O) groups is 1. The lowest BCUT2D eigenvalue weighted by Crippen LogP contribution is -2.07. The van der Waals surface area contributed by atoms with Gasteiger partial charge in [0.15, 0.2) is 5.78 Å². The first kappa shape index (κ1) is 18.1. The summed E-state index contributed by atoms with van der Waals surface area (Å²) in [6.45, 7) is 5.30. The molecule has 26 heavy (non-hydrogen) atoms. The number of aryl methyl sites for hydroxylation is 2. The highest BCUT2D eigenvalue weighted by Gasteiger charge is 2.23. The molecule has 1 N–H and O–H groups in total. The molecule has 0 spiro atoms. The second kappa shape index (κ2) is 6.92. The molecule has 1 heterocycles. The van der Waals surface area contributed by atoms with Crippen molar-refractivity contribution in [3.63, 3.8) is 0 Å². The highest BCUT2D eigenvalue weighted by atomic mass is 32.2. The van der Waals surface area contributed by atoms with Crippen molar-refractivity contribution in [3.05, 3.63) is 82.7 Å². The summed E-state index contributed by atoms with van der Waals surface area (Å²) in [5.41, 5.74) is 3.88. The minimum atomic E-state index is -3.62. The molecule has 0 atom stereocenters. The van der Waals surface area contributed by atoms with Crippen molar-refractivity contribution in [2.75, 3.05) is 0 Å². The van der Waals surface area contributed by atoms with Crippen LogP contribution in [0.1, 0.15) is 39.8 Å². The molecule has 0 amide bonds. The van der Waals surface area contributed by atoms with Crippen molar-refractivity contribution < 1.29 is 13.2 Å². The first-order chi connectivity index (χ1) is 12.3. The maximum Gasteiger partial charge on any atom is 0.206 e. The molecule has 0 aliphatic heterocycles. The maximum absolute atomic E-state index is 13.1. The van der Waals surface area contributed by atoms with Crippen molar-refractivity contribution in [1.29, 1.82) is 0 Å². The van der Waals surface area contributed by atoms with E-state index in [0.29, 0.717) is 17.5 Å². The maximum atomic E-state index is 13.1. The average molecular weight is 367 g/mol. The summed E-state index contributed by atoms with van der Waals surface area (Å²) in [6.07, 6.45) is 0.382. The zero-order chi connectivity index (χ0) is 18.9. The number of aromatic nitrogens is 1. The van der Waals surface area contributed by atoms with Gasteiger partial charge in [-0.15, -0.1) is 0 Å². The summed E-state index contributed by atoms with van der Waals surface area (Å²) in [6, 6.07) is 15.4. The van der Waals surface area contributed by atoms with E-state index < -0.39 is 9.84 Å². The molecule has 4 nitrogen and oxygen atoms in total. The van der Waals surface area contributed by atoms with Crippen LogP contribution in [-0.2, 0) is 16.3 Å². The van der Waals surface area contributed by atoms with E-state index in [2.05, 4.69) is 4.98 Å². The zero-order valence-corrected chi connectivity index (χ0v) is 15.9. The average Bonchev–Trinajstić information content (AvgIpc) is 2.89. The summed E-state index contributed by atoms with van der Waals surface area (Å²) in [5, 5.41) is 0. The molecule has 0 unspecified atom stereocenters. The predicted molar refractivity (Wildman–Crippen MR) is 101 cm³/mol. The predicted octanol–water partition coefficient (Wildman–Crippen LogP) is 4.26. The fraction of sp³-hybridized carbons (Fsp3) is 0.190. The van der Waals surface area contributed by atoms with Crippen molar-refractivity contribution >= 4 is 15.6 Å². The van der Waals surface area contributed by atoms with Crippen molar-refractivity contribution in [1.82, 2.24) is 4.98 Å². The number of sulfone groups is 1. The van der Waals surface area contributed by atoms with Crippen LogP contribution in [0.25, 0.3) is 0 Å². The Bertz CT molecular complexity index is 1060. The van der Waals surface area contributed by atoms with Gasteiger partial charge in [0.25, 0.3) is 0 Å². The lowest BCUT2D eigenvalue weighted by Gasteiger charge is -2.12. The molecule has 1 aromatic heterocycles. The zero-order valence-electron chi connectivity index (χ0n) is 15.0. The number of rotatable bonds is 5. The lowest BCUT2D eigenvalue weighted by atomic mass is 9.98. The Balaban J connectivity index is 2.12. The first-order valence-electron chi connectivity index (χ1n) is 8.39. The summed E-state index contributed by atoms with van der Waals surface area (Å²) >= 11 is 0. The number of aromatic amines is 1. The molecule has 0 saturated carbocycles. The van der Waals surface area contributed by atoms with Crippen LogP contribution in [0.2, 0.25) is 0 Å². The Labute approximate surface area is 153 Å². The molecule has 134 valence electrons. The van der Waals surface area contributed by atoms with Gasteiger partial charge in [-0.1, -0.05) is 36.4 Å². The van der Waals surface area contributed by atoms with Gasteiger partial charge >= 0.3 is 0 Å². The van der Waals surface area contributed by atoms with Crippen LogP contribution in [-0.4, -0.2) is 19.2 Å². The van der Waals surface area contributed by atoms with E-state index in [1.165, 1.54) is 6.92 Å². The molecule has 0 bridgehead atoms. The smallest absolute Gasteiger partial charge is 0.206 e. The van der Waals surface area contributed by atoms with Crippen LogP contribution in [0.15, 0.2) is 64.4 Å². The highest BCUT2D eigenvalue weighted by molar-refractivity contribution is 7.91. The van der Waals surface area contributed by atoms with E-state index in [-0.39, 0.29) is 15.6 Å². The molecule has 0 aliphatic carbocycles. The Morgan fingerprint density at radius 3 is 2.19 bits per heavy atom. The Morgan fingerprint density at radius 1 is 0.923 bits per heavy atom. The number of Topliss-reactive ketones (excluding diaryl/α,β-unsaturated/α-hetero) is 1. The third-order valence-electron chi connectivity index (χ3n) is 4.54. The Morgan fingerprint density at radius 2 is 1.54 bits per heavy atom. The van der Waals surface area contributed by atoms with Gasteiger partial charge in [-0.3, -0.25) is 4.79 Å². The van der Waals surface area contributed by atoms with Gasteiger partial charge in [0, 0.05) is 23.4 Å². The van der Waals surface area contributed by atoms with Crippen LogP contribution >= 0.6 is 0 Å². The van der Waals surface area contributed by atoms with Crippen LogP contribution < -0.4 is 0 Å². The number of hydrogen-bond acceptors (Lipinski definition) is 3. The first-order valence-corrected chi connectivity index (χ1v) is 9.87. The third-order valence-corrected chi connectivity index (χ3v) is 6.41. The van der Waals surface area contributed by atoms with E-state index in [9.17, 15) is 13.2 Å². The molecule has 0 aliphatic rings. The van der Waals surface area contributed by atoms with E-state index in [0.717, 1.165) is 17.0 Å². The second-order valence-electron chi connectivity index (χ2n) is 6.39. The van der Waals surface area contributed by atoms with E-state index in [1.54, 1.807) is 42.5 Å². The van der Waals surface area contributed by atoms with Gasteiger partial charge in [0.2, 0.25) is 9.84 Å². The molecule has 2 aromatic carbocycles. The fourth-order valence-corrected chi connectivity index (χ4v) is 4.87. The van der Waals surface area contributed by atoms with Crippen molar-refractivity contribution in [2.24, 2.45) is 0 Å². The summed E-state index contributed by atoms with van der Waals surface area (Å²) in [7, 11) is -3.62. The van der Waals surface area contributed by atoms with E-state index in [1.807, 2.05) is 26.0 Å². The molecule has 0 radical (unpaired) electrons. The van der Waals surface area contributed by atoms with Crippen LogP contribution in [0.5, 0.6) is 0 Å². The quantitative estimate of drug-likeness (QED) is 0.685. The number of nitrogens with one attached hydrogen (secondary N) is 1. The molecule has 0 saturated heterocycles. The number of benzene rings is 2. The fourth-order valence-electron chi connectivity index (χ4n) is 3.36. The van der Waals surface area contributed by atoms with Crippen LogP contribution in [0.3, 0.4) is 0 Å². The standard InChI is InChI=1S/C21H21NO3S/c1-14-19(21(16(3)23)15(2)22-14)13-17-9-7-8-12-20(17)26(24,25)18-10-5-4-6-11-18/h4-12,22H,13H2,1-3H3. The second-order valence-corrected chi connectivity index (χ2v) is 8.30. The molecular weight excluding hydrogens is 346 g/mol. The van der Waals surface area contributed by atoms with E-state index in [4.69, 9.17) is 0 Å². The number of carbonyl (C=O) groups excluding carboxylic acids is 1. The minimum absolute atomic E-state index is 0.0229. The third kappa shape index (κ3) is 3.22. The molecule has 3 rings (SSSR count). The normalized spacial score (nSPS) is 11.5. The Kier molecular flexibility index (Phi) is 4.83. The van der Waals surface area contributed by atoms with Gasteiger partial charge in [-0.2, -0.15) is 0 Å². The largest absolute Gasteiger partial charge is 0.362 e. The van der Waals surface area contributed by atoms with Crippen LogP contribution in [0, 0.1) is 13.8 Å². The van der Waals surface area contributed by atoms with E-state index >= 15 is 0 Å². The van der Waals surface area contributed by atoms with Crippen LogP contribution in [0.4, 0.5) is 0 Å². The van der Waals surface area contributed by atoms with Gasteiger partial charge < -0.3 is 4.98 Å². The SMILES string of the molecule is CC(=O)c1c(C)[nH]c(C)c1Cc1ccccc1S(=O)(=O)c1ccccc1. The van der Waals surface area contributed by atoms with Gasteiger partial charge in [0.05, 0.1) is 9.79 Å². The molecule has 0 fully saturated rings. The summed E-state index contributed by atoms with van der Waals surface area (Å²) in [5.74, 6) is -0.0229. The van der Waals surface area contributed by atoms with Gasteiger partial charge in [-0.05, 0) is 50.1 Å². The lowest BCUT2D eigenvalue weighted by molar-refractivity contribution is 0.101. The Hall–Kier alpha value is -2.66. The van der Waals surface area contributed by atoms with Gasteiger partial charge in [0.1, 0.15) is 0 Å². The number of ketones is 1. The molecule has 5 heteroatoms. The highest BCUT2D eigenvalue weighted by Crippen LogP contribution is 2.28. The summed E-state index contributed by atoms with van der Waals surface area (Å²) < 4.78 is 26.2. The van der Waals surface area contributed by atoms with Crippen molar-refractivity contribution in [2.45, 2.75) is 37.0 Å². The molecule has 3 aromatic rings. The van der Waals surface area contributed by atoms with Crippen molar-refractivity contribution in [3.8, 4) is 0 Å². The topological polar surface area (TPSA) is 67.0 Å². The minimum Gasteiger partial charge on any atom is -0.362 e. The monoisotopic (exact) mass is 367 g/mol. The number of H-pyrrole nitrogens is 1. The molecular formula is C21H21NO3S. The number of hydrogen-bond donors (Lipinski definition) is 1.